The van der Waals surface area contributed by atoms with Gasteiger partial charge in [-0.1, -0.05) is 36.4 Å². The third-order valence-corrected chi connectivity index (χ3v) is 6.18. The Kier molecular flexibility index (Phi) is 4.36. The first kappa shape index (κ1) is 16.4. The first-order valence-electron chi connectivity index (χ1n) is 9.48. The SMILES string of the molecule is O=C(NCc1ccccc1)C1CC12CCN(C(=O)C1=CCCC1)CC2. The highest BCUT2D eigenvalue weighted by atomic mass is 16.2. The number of piperidine rings is 1. The lowest BCUT2D eigenvalue weighted by Crippen LogP contribution is -2.41. The minimum Gasteiger partial charge on any atom is -0.352 e. The maximum absolute atomic E-state index is 12.5. The number of nitrogens with zero attached hydrogens (tertiary/aromatic N) is 1. The Labute approximate surface area is 149 Å². The zero-order valence-corrected chi connectivity index (χ0v) is 14.7. The number of likely N-dealkylation sites (tertiary alicyclic amines) is 1. The van der Waals surface area contributed by atoms with Crippen molar-refractivity contribution in [2.24, 2.45) is 11.3 Å². The molecule has 132 valence electrons. The predicted octanol–water partition coefficient (Wildman–Crippen LogP) is 3.04. The molecule has 1 N–H and O–H groups in total. The molecule has 2 fully saturated rings. The van der Waals surface area contributed by atoms with E-state index in [0.29, 0.717) is 6.54 Å². The van der Waals surface area contributed by atoms with Crippen LogP contribution in [0.3, 0.4) is 0 Å². The van der Waals surface area contributed by atoms with E-state index in [-0.39, 0.29) is 23.1 Å². The summed E-state index contributed by atoms with van der Waals surface area (Å²) >= 11 is 0. The molecule has 1 atom stereocenters. The van der Waals surface area contributed by atoms with E-state index in [0.717, 1.165) is 62.8 Å². The molecule has 2 aliphatic carbocycles. The Morgan fingerprint density at radius 3 is 2.60 bits per heavy atom. The van der Waals surface area contributed by atoms with E-state index >= 15 is 0 Å². The van der Waals surface area contributed by atoms with E-state index in [1.165, 1.54) is 0 Å². The molecule has 1 aliphatic heterocycles. The lowest BCUT2D eigenvalue weighted by Gasteiger charge is -2.33. The topological polar surface area (TPSA) is 49.4 Å². The summed E-state index contributed by atoms with van der Waals surface area (Å²) in [6, 6.07) is 10.0. The summed E-state index contributed by atoms with van der Waals surface area (Å²) in [7, 11) is 0. The first-order valence-corrected chi connectivity index (χ1v) is 9.48. The standard InChI is InChI=1S/C21H26N2O2/c24-19(22-15-16-6-2-1-3-7-16)18-14-21(18)10-12-23(13-11-21)20(25)17-8-4-5-9-17/h1-3,6-8,18H,4-5,9-15H2,(H,22,24). The first-order chi connectivity index (χ1) is 12.2. The van der Waals surface area contributed by atoms with Gasteiger partial charge >= 0.3 is 0 Å². The molecule has 1 aromatic carbocycles. The van der Waals surface area contributed by atoms with Crippen LogP contribution in [0.15, 0.2) is 42.0 Å². The van der Waals surface area contributed by atoms with Crippen molar-refractivity contribution in [3.05, 3.63) is 47.5 Å². The molecule has 4 heteroatoms. The largest absolute Gasteiger partial charge is 0.352 e. The molecule has 25 heavy (non-hydrogen) atoms. The Balaban J connectivity index is 1.26. The Morgan fingerprint density at radius 2 is 1.92 bits per heavy atom. The molecule has 4 nitrogen and oxygen atoms in total. The third-order valence-electron chi connectivity index (χ3n) is 6.18. The van der Waals surface area contributed by atoms with Gasteiger partial charge in [-0.25, -0.2) is 0 Å². The molecule has 1 saturated heterocycles. The molecule has 2 amide bonds. The fourth-order valence-electron chi connectivity index (χ4n) is 4.40. The van der Waals surface area contributed by atoms with Crippen LogP contribution in [0.2, 0.25) is 0 Å². The fourth-order valence-corrected chi connectivity index (χ4v) is 4.40. The molecular weight excluding hydrogens is 312 g/mol. The van der Waals surface area contributed by atoms with Gasteiger partial charge in [0.25, 0.3) is 0 Å². The molecule has 4 rings (SSSR count). The quantitative estimate of drug-likeness (QED) is 0.917. The summed E-state index contributed by atoms with van der Waals surface area (Å²) in [5.74, 6) is 0.555. The maximum Gasteiger partial charge on any atom is 0.249 e. The summed E-state index contributed by atoms with van der Waals surface area (Å²) in [5, 5.41) is 3.08. The van der Waals surface area contributed by atoms with Crippen molar-refractivity contribution >= 4 is 11.8 Å². The number of nitrogens with one attached hydrogen (secondary N) is 1. The highest BCUT2D eigenvalue weighted by molar-refractivity contribution is 5.94. The molecule has 0 radical (unpaired) electrons. The van der Waals surface area contributed by atoms with Gasteiger partial charge in [0.05, 0.1) is 0 Å². The highest BCUT2D eigenvalue weighted by Crippen LogP contribution is 2.59. The van der Waals surface area contributed by atoms with Gasteiger partial charge in [-0.3, -0.25) is 9.59 Å². The van der Waals surface area contributed by atoms with Crippen molar-refractivity contribution < 1.29 is 9.59 Å². The normalized spacial score (nSPS) is 24.1. The third kappa shape index (κ3) is 3.35. The van der Waals surface area contributed by atoms with Crippen LogP contribution < -0.4 is 5.32 Å². The van der Waals surface area contributed by atoms with Crippen LogP contribution in [0.25, 0.3) is 0 Å². The second-order valence-electron chi connectivity index (χ2n) is 7.74. The number of hydrogen-bond acceptors (Lipinski definition) is 2. The number of carbonyl (C=O) groups is 2. The van der Waals surface area contributed by atoms with Gasteiger partial charge < -0.3 is 10.2 Å². The molecular formula is C21H26N2O2. The number of benzene rings is 1. The number of rotatable bonds is 4. The van der Waals surface area contributed by atoms with Crippen molar-refractivity contribution in [1.29, 1.82) is 0 Å². The van der Waals surface area contributed by atoms with Gasteiger partial charge in [-0.05, 0) is 49.5 Å². The van der Waals surface area contributed by atoms with E-state index in [1.54, 1.807) is 0 Å². The second-order valence-corrected chi connectivity index (χ2v) is 7.74. The number of hydrogen-bond donors (Lipinski definition) is 1. The van der Waals surface area contributed by atoms with Crippen LogP contribution in [0.1, 0.15) is 44.1 Å². The van der Waals surface area contributed by atoms with Gasteiger partial charge in [0.15, 0.2) is 0 Å². The molecule has 1 unspecified atom stereocenters. The van der Waals surface area contributed by atoms with E-state index in [9.17, 15) is 9.59 Å². The molecule has 0 bridgehead atoms. The van der Waals surface area contributed by atoms with Crippen molar-refractivity contribution in [3.8, 4) is 0 Å². The van der Waals surface area contributed by atoms with Crippen LogP contribution in [-0.4, -0.2) is 29.8 Å². The molecule has 1 saturated carbocycles. The lowest BCUT2D eigenvalue weighted by atomic mass is 9.90. The van der Waals surface area contributed by atoms with Crippen molar-refractivity contribution in [2.45, 2.75) is 45.1 Å². The van der Waals surface area contributed by atoms with E-state index in [4.69, 9.17) is 0 Å². The smallest absolute Gasteiger partial charge is 0.249 e. The molecule has 3 aliphatic rings. The van der Waals surface area contributed by atoms with Gasteiger partial charge in [-0.15, -0.1) is 0 Å². The average Bonchev–Trinajstić information content (AvgIpc) is 3.09. The lowest BCUT2D eigenvalue weighted by molar-refractivity contribution is -0.129. The Hall–Kier alpha value is -2.10. The summed E-state index contributed by atoms with van der Waals surface area (Å²) in [5.41, 5.74) is 2.29. The molecule has 0 aromatic heterocycles. The van der Waals surface area contributed by atoms with E-state index < -0.39 is 0 Å². The Bertz CT molecular complexity index is 687. The number of allylic oxidation sites excluding steroid dienone is 1. The van der Waals surface area contributed by atoms with Crippen molar-refractivity contribution in [3.63, 3.8) is 0 Å². The summed E-state index contributed by atoms with van der Waals surface area (Å²) in [6.45, 7) is 2.21. The van der Waals surface area contributed by atoms with Gasteiger partial charge in [0, 0.05) is 31.1 Å². The van der Waals surface area contributed by atoms with Crippen LogP contribution >= 0.6 is 0 Å². The van der Waals surface area contributed by atoms with Crippen molar-refractivity contribution in [2.75, 3.05) is 13.1 Å². The zero-order chi connectivity index (χ0) is 17.3. The monoisotopic (exact) mass is 338 g/mol. The number of amides is 2. The molecule has 1 spiro atoms. The van der Waals surface area contributed by atoms with Crippen LogP contribution in [0.4, 0.5) is 0 Å². The minimum absolute atomic E-state index is 0.138. The van der Waals surface area contributed by atoms with Gasteiger partial charge in [0.1, 0.15) is 0 Å². The van der Waals surface area contributed by atoms with Crippen molar-refractivity contribution in [1.82, 2.24) is 10.2 Å². The zero-order valence-electron chi connectivity index (χ0n) is 14.7. The van der Waals surface area contributed by atoms with Gasteiger partial charge in [-0.2, -0.15) is 0 Å². The summed E-state index contributed by atoms with van der Waals surface area (Å²) in [4.78, 5) is 27.0. The Morgan fingerprint density at radius 1 is 1.16 bits per heavy atom. The van der Waals surface area contributed by atoms with Crippen LogP contribution in [0.5, 0.6) is 0 Å². The molecule has 1 heterocycles. The summed E-state index contributed by atoms with van der Waals surface area (Å²) < 4.78 is 0. The maximum atomic E-state index is 12.5. The van der Waals surface area contributed by atoms with Gasteiger partial charge in [0.2, 0.25) is 11.8 Å². The predicted molar refractivity (Wildman–Crippen MR) is 96.6 cm³/mol. The number of carbonyl (C=O) groups excluding carboxylic acids is 2. The summed E-state index contributed by atoms with van der Waals surface area (Å²) in [6.07, 6.45) is 8.11. The highest BCUT2D eigenvalue weighted by Gasteiger charge is 2.58. The molecule has 1 aromatic rings. The second kappa shape index (κ2) is 6.66. The van der Waals surface area contributed by atoms with Crippen LogP contribution in [0, 0.1) is 11.3 Å². The minimum atomic E-state index is 0.138. The van der Waals surface area contributed by atoms with E-state index in [1.807, 2.05) is 35.2 Å². The van der Waals surface area contributed by atoms with E-state index in [2.05, 4.69) is 11.4 Å². The average molecular weight is 338 g/mol. The van der Waals surface area contributed by atoms with Crippen LogP contribution in [-0.2, 0) is 16.1 Å². The fraction of sp³-hybridized carbons (Fsp3) is 0.524.